The van der Waals surface area contributed by atoms with Gasteiger partial charge in [-0.15, -0.1) is 0 Å². The molecule has 1 aromatic rings. The van der Waals surface area contributed by atoms with E-state index in [-0.39, 0.29) is 35.6 Å². The van der Waals surface area contributed by atoms with E-state index in [0.717, 1.165) is 0 Å². The van der Waals surface area contributed by atoms with E-state index in [2.05, 4.69) is 10.6 Å². The van der Waals surface area contributed by atoms with Crippen molar-refractivity contribution in [2.45, 2.75) is 105 Å². The molecule has 0 heterocycles. The van der Waals surface area contributed by atoms with Crippen LogP contribution >= 0.6 is 0 Å². The second kappa shape index (κ2) is 12.6. The lowest BCUT2D eigenvalue weighted by molar-refractivity contribution is -0.145. The molecule has 0 aromatic heterocycles. The number of benzene rings is 1. The van der Waals surface area contributed by atoms with Gasteiger partial charge in [-0.1, -0.05) is 32.9 Å². The molecule has 34 heavy (non-hydrogen) atoms. The van der Waals surface area contributed by atoms with Gasteiger partial charge in [0.1, 0.15) is 23.4 Å². The summed E-state index contributed by atoms with van der Waals surface area (Å²) in [5.41, 5.74) is -0.222. The van der Waals surface area contributed by atoms with E-state index in [0.29, 0.717) is 18.4 Å². The van der Waals surface area contributed by atoms with Crippen molar-refractivity contribution in [3.8, 4) is 5.75 Å². The number of hydrogen-bond donors (Lipinski definition) is 3. The Morgan fingerprint density at radius 1 is 1.06 bits per heavy atom. The molecular weight excluding hydrogens is 434 g/mol. The van der Waals surface area contributed by atoms with Gasteiger partial charge in [-0.05, 0) is 78.0 Å². The van der Waals surface area contributed by atoms with Crippen molar-refractivity contribution in [3.05, 3.63) is 29.8 Å². The van der Waals surface area contributed by atoms with Gasteiger partial charge >= 0.3 is 6.09 Å². The maximum atomic E-state index is 14.0. The van der Waals surface area contributed by atoms with E-state index in [4.69, 9.17) is 4.74 Å². The molecule has 0 spiro atoms. The van der Waals surface area contributed by atoms with Gasteiger partial charge in [0.25, 0.3) is 0 Å². The summed E-state index contributed by atoms with van der Waals surface area (Å²) in [4.78, 5) is 41.5. The van der Waals surface area contributed by atoms with Crippen LogP contribution in [-0.4, -0.2) is 51.6 Å². The molecular formula is C26H43N3O5. The van der Waals surface area contributed by atoms with E-state index in [1.165, 1.54) is 17.0 Å². The van der Waals surface area contributed by atoms with E-state index in [9.17, 15) is 19.5 Å². The third-order valence-corrected chi connectivity index (χ3v) is 5.16. The standard InChI is InChI=1S/C26H43N3O5/c1-10-18(6)29(22(23(31)27-17(4)5)19-12-11-13-20(30)15-19)24(32)21(14-16(2)3)28-25(33)34-26(7,8)9/h11-13,15-18,21-22,30H,10,14H2,1-9H3,(H,27,31)(H,28,33). The Labute approximate surface area is 204 Å². The zero-order chi connectivity index (χ0) is 26.2. The summed E-state index contributed by atoms with van der Waals surface area (Å²) < 4.78 is 5.39. The first-order chi connectivity index (χ1) is 15.7. The molecule has 3 unspecified atom stereocenters. The van der Waals surface area contributed by atoms with Crippen LogP contribution in [0.4, 0.5) is 4.79 Å². The van der Waals surface area contributed by atoms with E-state index in [1.54, 1.807) is 32.9 Å². The van der Waals surface area contributed by atoms with Crippen molar-refractivity contribution < 1.29 is 24.2 Å². The summed E-state index contributed by atoms with van der Waals surface area (Å²) in [7, 11) is 0. The molecule has 0 bridgehead atoms. The summed E-state index contributed by atoms with van der Waals surface area (Å²) >= 11 is 0. The lowest BCUT2D eigenvalue weighted by Gasteiger charge is -2.38. The highest BCUT2D eigenvalue weighted by Gasteiger charge is 2.39. The summed E-state index contributed by atoms with van der Waals surface area (Å²) in [5.74, 6) is -0.621. The lowest BCUT2D eigenvalue weighted by atomic mass is 9.97. The predicted molar refractivity (Wildman–Crippen MR) is 133 cm³/mol. The molecule has 0 aliphatic rings. The first kappa shape index (κ1) is 29.3. The number of aromatic hydroxyl groups is 1. The fourth-order valence-corrected chi connectivity index (χ4v) is 3.61. The first-order valence-corrected chi connectivity index (χ1v) is 12.1. The minimum atomic E-state index is -0.980. The molecule has 0 radical (unpaired) electrons. The molecule has 1 aromatic carbocycles. The Bertz CT molecular complexity index is 832. The number of ether oxygens (including phenoxy) is 1. The number of alkyl carbamates (subject to hydrolysis) is 1. The predicted octanol–water partition coefficient (Wildman–Crippen LogP) is 4.52. The van der Waals surface area contributed by atoms with Crippen molar-refractivity contribution in [1.29, 1.82) is 0 Å². The van der Waals surface area contributed by atoms with Crippen LogP contribution in [-0.2, 0) is 14.3 Å². The second-order valence-electron chi connectivity index (χ2n) is 10.5. The van der Waals surface area contributed by atoms with Crippen LogP contribution in [0.15, 0.2) is 24.3 Å². The maximum Gasteiger partial charge on any atom is 0.408 e. The van der Waals surface area contributed by atoms with Crippen LogP contribution in [0.2, 0.25) is 0 Å². The second-order valence-corrected chi connectivity index (χ2v) is 10.5. The third-order valence-electron chi connectivity index (χ3n) is 5.16. The Hall–Kier alpha value is -2.77. The van der Waals surface area contributed by atoms with Crippen LogP contribution in [0.3, 0.4) is 0 Å². The van der Waals surface area contributed by atoms with Crippen molar-refractivity contribution in [2.75, 3.05) is 0 Å². The van der Waals surface area contributed by atoms with Gasteiger partial charge in [-0.25, -0.2) is 4.79 Å². The van der Waals surface area contributed by atoms with Crippen LogP contribution in [0.25, 0.3) is 0 Å². The molecule has 192 valence electrons. The number of phenols is 1. The SMILES string of the molecule is CCC(C)N(C(=O)C(CC(C)C)NC(=O)OC(C)(C)C)C(C(=O)NC(C)C)c1cccc(O)c1. The van der Waals surface area contributed by atoms with Crippen LogP contribution < -0.4 is 10.6 Å². The topological polar surface area (TPSA) is 108 Å². The third kappa shape index (κ3) is 9.23. The van der Waals surface area contributed by atoms with E-state index < -0.39 is 23.8 Å². The minimum absolute atomic E-state index is 0.00186. The maximum absolute atomic E-state index is 14.0. The highest BCUT2D eigenvalue weighted by Crippen LogP contribution is 2.29. The van der Waals surface area contributed by atoms with Crippen LogP contribution in [0.1, 0.15) is 86.8 Å². The fourth-order valence-electron chi connectivity index (χ4n) is 3.61. The molecule has 3 atom stereocenters. The van der Waals surface area contributed by atoms with Gasteiger partial charge in [-0.3, -0.25) is 9.59 Å². The molecule has 0 fully saturated rings. The van der Waals surface area contributed by atoms with Crippen LogP contribution in [0.5, 0.6) is 5.75 Å². The Balaban J connectivity index is 3.51. The number of carbonyl (C=O) groups is 3. The number of hydrogen-bond acceptors (Lipinski definition) is 5. The zero-order valence-electron chi connectivity index (χ0n) is 22.1. The average molecular weight is 478 g/mol. The van der Waals surface area contributed by atoms with Gasteiger partial charge in [0, 0.05) is 12.1 Å². The van der Waals surface area contributed by atoms with Gasteiger partial charge < -0.3 is 25.4 Å². The molecule has 0 aliphatic heterocycles. The smallest absolute Gasteiger partial charge is 0.408 e. The zero-order valence-corrected chi connectivity index (χ0v) is 22.1. The number of phenolic OH excluding ortho intramolecular Hbond substituents is 1. The fraction of sp³-hybridized carbons (Fsp3) is 0.654. The molecule has 0 saturated heterocycles. The normalized spacial score (nSPS) is 14.3. The monoisotopic (exact) mass is 477 g/mol. The minimum Gasteiger partial charge on any atom is -0.508 e. The van der Waals surface area contributed by atoms with E-state index >= 15 is 0 Å². The summed E-state index contributed by atoms with van der Waals surface area (Å²) in [6.45, 7) is 16.7. The quantitative estimate of drug-likeness (QED) is 0.459. The van der Waals surface area contributed by atoms with Crippen molar-refractivity contribution >= 4 is 17.9 Å². The number of amides is 3. The highest BCUT2D eigenvalue weighted by atomic mass is 16.6. The van der Waals surface area contributed by atoms with Gasteiger partial charge in [0.05, 0.1) is 0 Å². The number of nitrogens with one attached hydrogen (secondary N) is 2. The Morgan fingerprint density at radius 2 is 1.68 bits per heavy atom. The summed E-state index contributed by atoms with van der Waals surface area (Å²) in [5, 5.41) is 15.7. The number of carbonyl (C=O) groups excluding carboxylic acids is 3. The summed E-state index contributed by atoms with van der Waals surface area (Å²) in [6.07, 6.45) is 0.289. The lowest BCUT2D eigenvalue weighted by Crippen LogP contribution is -2.56. The molecule has 0 saturated carbocycles. The molecule has 8 heteroatoms. The Morgan fingerprint density at radius 3 is 2.15 bits per heavy atom. The van der Waals surface area contributed by atoms with Gasteiger partial charge in [-0.2, -0.15) is 0 Å². The number of nitrogens with zero attached hydrogens (tertiary/aromatic N) is 1. The average Bonchev–Trinajstić information content (AvgIpc) is 2.67. The summed E-state index contributed by atoms with van der Waals surface area (Å²) in [6, 6.07) is 4.05. The highest BCUT2D eigenvalue weighted by molar-refractivity contribution is 5.92. The van der Waals surface area contributed by atoms with Crippen molar-refractivity contribution in [1.82, 2.24) is 15.5 Å². The van der Waals surface area contributed by atoms with Crippen LogP contribution in [0, 0.1) is 5.92 Å². The molecule has 3 amide bonds. The molecule has 3 N–H and O–H groups in total. The molecule has 8 nitrogen and oxygen atoms in total. The van der Waals surface area contributed by atoms with Gasteiger partial charge in [0.2, 0.25) is 11.8 Å². The number of rotatable bonds is 10. The van der Waals surface area contributed by atoms with Crippen molar-refractivity contribution in [2.24, 2.45) is 5.92 Å². The largest absolute Gasteiger partial charge is 0.508 e. The van der Waals surface area contributed by atoms with Gasteiger partial charge in [0.15, 0.2) is 0 Å². The molecule has 1 rings (SSSR count). The van der Waals surface area contributed by atoms with Crippen molar-refractivity contribution in [3.63, 3.8) is 0 Å². The first-order valence-electron chi connectivity index (χ1n) is 12.1. The molecule has 0 aliphatic carbocycles. The van der Waals surface area contributed by atoms with E-state index in [1.807, 2.05) is 41.5 Å². The Kier molecular flexibility index (Phi) is 10.9.